The van der Waals surface area contributed by atoms with E-state index in [1.165, 1.54) is 0 Å². The van der Waals surface area contributed by atoms with Crippen molar-refractivity contribution >= 4 is 0 Å². The Morgan fingerprint density at radius 2 is 2.45 bits per heavy atom. The van der Waals surface area contributed by atoms with Crippen LogP contribution >= 0.6 is 0 Å². The maximum absolute atomic E-state index is 11.0. The van der Waals surface area contributed by atoms with Crippen molar-refractivity contribution in [3.8, 4) is 0 Å². The van der Waals surface area contributed by atoms with Crippen LogP contribution in [0, 0.1) is 0 Å². The number of aromatic amines is 1. The number of nitrogens with one attached hydrogen (secondary N) is 1. The third-order valence-corrected chi connectivity index (χ3v) is 1.47. The third-order valence-electron chi connectivity index (χ3n) is 1.47. The summed E-state index contributed by atoms with van der Waals surface area (Å²) in [6.07, 6.45) is 6.26. The summed E-state index contributed by atoms with van der Waals surface area (Å²) in [5, 5.41) is 0. The van der Waals surface area contributed by atoms with Gasteiger partial charge < -0.3 is 4.98 Å². The number of hydrogen-bond donors (Lipinski definition) is 1. The van der Waals surface area contributed by atoms with Crippen LogP contribution in [0.5, 0.6) is 0 Å². The molecule has 0 bridgehead atoms. The summed E-state index contributed by atoms with van der Waals surface area (Å²) in [5.41, 5.74) is 0.816. The molecule has 11 heavy (non-hydrogen) atoms. The Morgan fingerprint density at radius 1 is 1.64 bits per heavy atom. The van der Waals surface area contributed by atoms with Crippen LogP contribution in [0.3, 0.4) is 0 Å². The van der Waals surface area contributed by atoms with Gasteiger partial charge in [0.25, 0.3) is 5.56 Å². The molecule has 0 atom stereocenters. The molecule has 1 aromatic heterocycles. The maximum atomic E-state index is 11.0. The van der Waals surface area contributed by atoms with E-state index in [0.29, 0.717) is 6.42 Å². The van der Waals surface area contributed by atoms with Gasteiger partial charge in [0.15, 0.2) is 0 Å². The van der Waals surface area contributed by atoms with Crippen LogP contribution in [0.15, 0.2) is 35.3 Å². The fourth-order valence-corrected chi connectivity index (χ4v) is 0.862. The van der Waals surface area contributed by atoms with Crippen molar-refractivity contribution in [2.24, 2.45) is 0 Å². The van der Waals surface area contributed by atoms with E-state index < -0.39 is 0 Å². The van der Waals surface area contributed by atoms with Crippen molar-refractivity contribution in [1.82, 2.24) is 4.98 Å². The number of H-pyrrole nitrogens is 1. The molecule has 0 saturated carbocycles. The van der Waals surface area contributed by atoms with Gasteiger partial charge >= 0.3 is 0 Å². The summed E-state index contributed by atoms with van der Waals surface area (Å²) in [6, 6.07) is 3.67. The van der Waals surface area contributed by atoms with E-state index in [9.17, 15) is 4.79 Å². The molecule has 0 aliphatic heterocycles. The predicted octanol–water partition coefficient (Wildman–Crippen LogP) is 1.49. The number of pyridine rings is 1. The normalized spacial score (nSPS) is 10.6. The first-order valence-electron chi connectivity index (χ1n) is 3.62. The van der Waals surface area contributed by atoms with Crippen LogP contribution in [0.4, 0.5) is 0 Å². The van der Waals surface area contributed by atoms with Crippen molar-refractivity contribution in [1.29, 1.82) is 0 Å². The smallest absolute Gasteiger partial charge is 0.251 e. The first-order valence-corrected chi connectivity index (χ1v) is 3.62. The number of allylic oxidation sites excluding steroid dienone is 2. The van der Waals surface area contributed by atoms with Gasteiger partial charge in [0.2, 0.25) is 0 Å². The second kappa shape index (κ2) is 3.76. The van der Waals surface area contributed by atoms with Gasteiger partial charge in [-0.05, 0) is 19.4 Å². The zero-order chi connectivity index (χ0) is 8.10. The van der Waals surface area contributed by atoms with E-state index in [1.54, 1.807) is 6.20 Å². The molecule has 0 fully saturated rings. The summed E-state index contributed by atoms with van der Waals surface area (Å²) in [5.74, 6) is 0. The molecule has 1 heterocycles. The standard InChI is InChI=1S/C9H11NO/c1-2-3-5-8-6-4-7-10-9(8)11/h2-4,6-7H,5H2,1H3,(H,10,11)/b3-2+. The van der Waals surface area contributed by atoms with Crippen molar-refractivity contribution in [3.63, 3.8) is 0 Å². The molecule has 1 aromatic rings. The minimum absolute atomic E-state index is 0.00519. The highest BCUT2D eigenvalue weighted by atomic mass is 16.1. The number of aromatic nitrogens is 1. The number of rotatable bonds is 2. The molecule has 58 valence electrons. The second-order valence-electron chi connectivity index (χ2n) is 2.30. The highest BCUT2D eigenvalue weighted by Crippen LogP contribution is 1.91. The van der Waals surface area contributed by atoms with Crippen LogP contribution in [0.1, 0.15) is 12.5 Å². The Balaban J connectivity index is 2.86. The van der Waals surface area contributed by atoms with E-state index in [-0.39, 0.29) is 5.56 Å². The Hall–Kier alpha value is -1.31. The zero-order valence-corrected chi connectivity index (χ0v) is 6.50. The van der Waals surface area contributed by atoms with E-state index >= 15 is 0 Å². The highest BCUT2D eigenvalue weighted by molar-refractivity contribution is 5.12. The zero-order valence-electron chi connectivity index (χ0n) is 6.50. The van der Waals surface area contributed by atoms with Crippen LogP contribution in [-0.4, -0.2) is 4.98 Å². The molecular formula is C9H11NO. The lowest BCUT2D eigenvalue weighted by Gasteiger charge is -1.91. The maximum Gasteiger partial charge on any atom is 0.251 e. The van der Waals surface area contributed by atoms with E-state index in [0.717, 1.165) is 5.56 Å². The van der Waals surface area contributed by atoms with E-state index in [2.05, 4.69) is 4.98 Å². The largest absolute Gasteiger partial charge is 0.329 e. The molecule has 0 unspecified atom stereocenters. The quantitative estimate of drug-likeness (QED) is 0.635. The summed E-state index contributed by atoms with van der Waals surface area (Å²) in [4.78, 5) is 13.7. The first-order chi connectivity index (χ1) is 5.34. The van der Waals surface area contributed by atoms with Crippen LogP contribution in [0.25, 0.3) is 0 Å². The Kier molecular flexibility index (Phi) is 2.66. The molecule has 2 nitrogen and oxygen atoms in total. The minimum Gasteiger partial charge on any atom is -0.329 e. The van der Waals surface area contributed by atoms with Crippen molar-refractivity contribution in [2.75, 3.05) is 0 Å². The fourth-order valence-electron chi connectivity index (χ4n) is 0.862. The monoisotopic (exact) mass is 149 g/mol. The minimum atomic E-state index is 0.00519. The van der Waals surface area contributed by atoms with Crippen molar-refractivity contribution in [2.45, 2.75) is 13.3 Å². The lowest BCUT2D eigenvalue weighted by Crippen LogP contribution is -2.09. The predicted molar refractivity (Wildman–Crippen MR) is 45.6 cm³/mol. The van der Waals surface area contributed by atoms with Crippen LogP contribution in [-0.2, 0) is 6.42 Å². The molecular weight excluding hydrogens is 138 g/mol. The topological polar surface area (TPSA) is 32.9 Å². The Labute approximate surface area is 65.6 Å². The molecule has 0 aliphatic rings. The fraction of sp³-hybridized carbons (Fsp3) is 0.222. The SMILES string of the molecule is C/C=C/Cc1ccc[nH]c1=O. The van der Waals surface area contributed by atoms with E-state index in [4.69, 9.17) is 0 Å². The average Bonchev–Trinajstić information content (AvgIpc) is 2.03. The third kappa shape index (κ3) is 2.08. The van der Waals surface area contributed by atoms with Crippen molar-refractivity contribution < 1.29 is 0 Å². The molecule has 0 radical (unpaired) electrons. The summed E-state index contributed by atoms with van der Waals surface area (Å²) in [7, 11) is 0. The second-order valence-corrected chi connectivity index (χ2v) is 2.30. The van der Waals surface area contributed by atoms with Gasteiger partial charge in [-0.2, -0.15) is 0 Å². The van der Waals surface area contributed by atoms with Gasteiger partial charge in [0, 0.05) is 11.8 Å². The first kappa shape index (κ1) is 7.79. The molecule has 1 rings (SSSR count). The van der Waals surface area contributed by atoms with Gasteiger partial charge in [-0.3, -0.25) is 4.79 Å². The molecule has 0 amide bonds. The van der Waals surface area contributed by atoms with Crippen LogP contribution in [0.2, 0.25) is 0 Å². The Morgan fingerprint density at radius 3 is 3.09 bits per heavy atom. The summed E-state index contributed by atoms with van der Waals surface area (Å²) in [6.45, 7) is 1.94. The molecule has 0 spiro atoms. The lowest BCUT2D eigenvalue weighted by atomic mass is 10.2. The Bertz CT molecular complexity index is 298. The van der Waals surface area contributed by atoms with Gasteiger partial charge in [-0.15, -0.1) is 0 Å². The highest BCUT2D eigenvalue weighted by Gasteiger charge is 1.92. The lowest BCUT2D eigenvalue weighted by molar-refractivity contribution is 1.12. The van der Waals surface area contributed by atoms with Crippen molar-refractivity contribution in [3.05, 3.63) is 46.4 Å². The van der Waals surface area contributed by atoms with Gasteiger partial charge in [-0.25, -0.2) is 0 Å². The van der Waals surface area contributed by atoms with E-state index in [1.807, 2.05) is 31.2 Å². The van der Waals surface area contributed by atoms with Gasteiger partial charge in [0.1, 0.15) is 0 Å². The molecule has 0 aliphatic carbocycles. The molecule has 1 N–H and O–H groups in total. The average molecular weight is 149 g/mol. The molecule has 0 aromatic carbocycles. The molecule has 2 heteroatoms. The van der Waals surface area contributed by atoms with Gasteiger partial charge in [0.05, 0.1) is 0 Å². The summed E-state index contributed by atoms with van der Waals surface area (Å²) < 4.78 is 0. The van der Waals surface area contributed by atoms with Crippen LogP contribution < -0.4 is 5.56 Å². The summed E-state index contributed by atoms with van der Waals surface area (Å²) >= 11 is 0. The van der Waals surface area contributed by atoms with Gasteiger partial charge in [-0.1, -0.05) is 18.2 Å². The number of hydrogen-bond acceptors (Lipinski definition) is 1. The molecule has 0 saturated heterocycles.